The molecule has 0 N–H and O–H groups in total. The molecule has 18 heavy (non-hydrogen) atoms. The van der Waals surface area contributed by atoms with Crippen LogP contribution >= 0.6 is 11.3 Å². The zero-order valence-electron chi connectivity index (χ0n) is 9.42. The van der Waals surface area contributed by atoms with Crippen LogP contribution in [0.15, 0.2) is 48.8 Å². The van der Waals surface area contributed by atoms with Crippen molar-refractivity contribution in [3.05, 3.63) is 48.8 Å². The molecular weight excluding hydrogens is 240 g/mol. The molecule has 4 aromatic heterocycles. The Kier molecular flexibility index (Phi) is 1.39. The molecule has 0 bridgehead atoms. The molecule has 0 aliphatic heterocycles. The lowest BCUT2D eigenvalue weighted by molar-refractivity contribution is 1.28. The van der Waals surface area contributed by atoms with Crippen molar-refractivity contribution in [2.45, 2.75) is 0 Å². The van der Waals surface area contributed by atoms with Crippen LogP contribution in [0, 0.1) is 0 Å². The van der Waals surface area contributed by atoms with Gasteiger partial charge in [-0.15, -0.1) is 11.3 Å². The highest BCUT2D eigenvalue weighted by molar-refractivity contribution is 7.26. The van der Waals surface area contributed by atoms with Crippen molar-refractivity contribution in [1.29, 1.82) is 0 Å². The molecule has 0 amide bonds. The van der Waals surface area contributed by atoms with Crippen LogP contribution in [0.4, 0.5) is 0 Å². The highest BCUT2D eigenvalue weighted by Crippen LogP contribution is 2.40. The van der Waals surface area contributed by atoms with Gasteiger partial charge in [0.05, 0.1) is 21.3 Å². The van der Waals surface area contributed by atoms with Crippen LogP contribution in [0.3, 0.4) is 0 Å². The number of hydrogen-bond donors (Lipinski definition) is 0. The number of thiophene rings is 1. The first kappa shape index (κ1) is 8.89. The van der Waals surface area contributed by atoms with Crippen LogP contribution in [-0.4, -0.2) is 9.38 Å². The maximum absolute atomic E-state index is 4.61. The molecular formula is C15H8N2S. The normalized spacial score (nSPS) is 12.4. The predicted octanol–water partition coefficient (Wildman–Crippen LogP) is 4.29. The number of fused-ring (bicyclic) bond motifs is 3. The second kappa shape index (κ2) is 2.82. The Morgan fingerprint density at radius 1 is 1.00 bits per heavy atom. The maximum Gasteiger partial charge on any atom is 0.0831 e. The van der Waals surface area contributed by atoms with Gasteiger partial charge >= 0.3 is 0 Å². The van der Waals surface area contributed by atoms with Gasteiger partial charge in [0.2, 0.25) is 0 Å². The fourth-order valence-corrected chi connectivity index (χ4v) is 3.99. The largest absolute Gasteiger partial charge is 0.314 e. The second-order valence-corrected chi connectivity index (χ2v) is 5.63. The first-order valence-corrected chi connectivity index (χ1v) is 6.73. The van der Waals surface area contributed by atoms with Gasteiger partial charge < -0.3 is 4.40 Å². The van der Waals surface area contributed by atoms with Crippen molar-refractivity contribution >= 4 is 48.1 Å². The monoisotopic (exact) mass is 248 g/mol. The second-order valence-electron chi connectivity index (χ2n) is 4.55. The molecule has 0 spiro atoms. The van der Waals surface area contributed by atoms with E-state index < -0.39 is 0 Å². The molecule has 4 heterocycles. The molecule has 84 valence electrons. The van der Waals surface area contributed by atoms with E-state index in [0.29, 0.717) is 0 Å². The zero-order chi connectivity index (χ0) is 11.7. The van der Waals surface area contributed by atoms with Gasteiger partial charge in [-0.3, -0.25) is 4.98 Å². The summed E-state index contributed by atoms with van der Waals surface area (Å²) < 4.78 is 4.96. The summed E-state index contributed by atoms with van der Waals surface area (Å²) in [6, 6.07) is 12.8. The van der Waals surface area contributed by atoms with Crippen molar-refractivity contribution in [1.82, 2.24) is 9.38 Å². The topological polar surface area (TPSA) is 17.3 Å². The summed E-state index contributed by atoms with van der Waals surface area (Å²) in [5, 5.41) is 2.53. The Balaban J connectivity index is 2.36. The summed E-state index contributed by atoms with van der Waals surface area (Å²) in [7, 11) is 0. The quantitative estimate of drug-likeness (QED) is 0.374. The number of hydrogen-bond acceptors (Lipinski definition) is 2. The number of nitrogens with zero attached hydrogens (tertiary/aromatic N) is 2. The van der Waals surface area contributed by atoms with E-state index in [2.05, 4.69) is 52.0 Å². The van der Waals surface area contributed by atoms with Crippen LogP contribution in [0.25, 0.3) is 36.7 Å². The van der Waals surface area contributed by atoms with Crippen LogP contribution in [-0.2, 0) is 0 Å². The van der Waals surface area contributed by atoms with Gasteiger partial charge in [0.15, 0.2) is 0 Å². The van der Waals surface area contributed by atoms with Crippen molar-refractivity contribution < 1.29 is 0 Å². The summed E-state index contributed by atoms with van der Waals surface area (Å²) in [5.74, 6) is 0. The number of aromatic nitrogens is 2. The van der Waals surface area contributed by atoms with Crippen LogP contribution in [0.5, 0.6) is 0 Å². The minimum absolute atomic E-state index is 1.13. The average Bonchev–Trinajstić information content (AvgIpc) is 2.97. The van der Waals surface area contributed by atoms with E-state index in [4.69, 9.17) is 0 Å². The van der Waals surface area contributed by atoms with E-state index in [1.54, 1.807) is 0 Å². The molecule has 0 unspecified atom stereocenters. The lowest BCUT2D eigenvalue weighted by Gasteiger charge is -2.06. The Labute approximate surface area is 106 Å². The molecule has 0 aliphatic carbocycles. The molecule has 0 fully saturated rings. The molecule has 0 aliphatic rings. The van der Waals surface area contributed by atoms with E-state index in [9.17, 15) is 0 Å². The smallest absolute Gasteiger partial charge is 0.0831 e. The maximum atomic E-state index is 4.61. The fraction of sp³-hybridized carbons (Fsp3) is 0. The molecule has 2 nitrogen and oxygen atoms in total. The van der Waals surface area contributed by atoms with Gasteiger partial charge in [0.25, 0.3) is 0 Å². The third-order valence-corrected chi connectivity index (χ3v) is 4.75. The summed E-state index contributed by atoms with van der Waals surface area (Å²) in [4.78, 5) is 4.61. The first-order valence-electron chi connectivity index (χ1n) is 5.92. The third-order valence-electron chi connectivity index (χ3n) is 3.64. The lowest BCUT2D eigenvalue weighted by Crippen LogP contribution is -1.89. The SMILES string of the molecule is c1ccc2c(c1)c1nccc3sc4ccn2c4c31. The van der Waals surface area contributed by atoms with Gasteiger partial charge in [-0.2, -0.15) is 0 Å². The average molecular weight is 248 g/mol. The standard InChI is InChI=1S/C15H8N2S/c1-2-4-10-9(3-1)14-13-11(5-7-16-14)18-12-6-8-17(10)15(12)13/h1-8H. The lowest BCUT2D eigenvalue weighted by atomic mass is 10.1. The highest BCUT2D eigenvalue weighted by atomic mass is 32.1. The van der Waals surface area contributed by atoms with E-state index >= 15 is 0 Å². The van der Waals surface area contributed by atoms with E-state index in [1.807, 2.05) is 17.5 Å². The number of para-hydroxylation sites is 1. The van der Waals surface area contributed by atoms with E-state index in [1.165, 1.54) is 31.2 Å². The van der Waals surface area contributed by atoms with Crippen molar-refractivity contribution in [3.8, 4) is 0 Å². The Morgan fingerprint density at radius 2 is 1.94 bits per heavy atom. The number of rotatable bonds is 0. The molecule has 0 radical (unpaired) electrons. The van der Waals surface area contributed by atoms with Gasteiger partial charge in [-0.25, -0.2) is 0 Å². The molecule has 0 saturated heterocycles. The Bertz CT molecular complexity index is 1020. The van der Waals surface area contributed by atoms with Crippen LogP contribution in [0.2, 0.25) is 0 Å². The summed E-state index contributed by atoms with van der Waals surface area (Å²) in [6.45, 7) is 0. The molecule has 5 rings (SSSR count). The van der Waals surface area contributed by atoms with Gasteiger partial charge in [0.1, 0.15) is 0 Å². The fourth-order valence-electron chi connectivity index (χ4n) is 2.91. The van der Waals surface area contributed by atoms with Gasteiger partial charge in [-0.05, 0) is 18.2 Å². The van der Waals surface area contributed by atoms with E-state index in [-0.39, 0.29) is 0 Å². The van der Waals surface area contributed by atoms with E-state index in [0.717, 1.165) is 5.52 Å². The predicted molar refractivity (Wildman–Crippen MR) is 76.8 cm³/mol. The summed E-state index contributed by atoms with van der Waals surface area (Å²) in [6.07, 6.45) is 4.08. The third kappa shape index (κ3) is 0.854. The van der Waals surface area contributed by atoms with Gasteiger partial charge in [-0.1, -0.05) is 18.2 Å². The van der Waals surface area contributed by atoms with Crippen LogP contribution in [0.1, 0.15) is 0 Å². The molecule has 0 atom stereocenters. The highest BCUT2D eigenvalue weighted by Gasteiger charge is 2.15. The molecule has 1 aromatic carbocycles. The molecule has 5 aromatic rings. The number of benzene rings is 1. The summed E-state index contributed by atoms with van der Waals surface area (Å²) >= 11 is 1.85. The van der Waals surface area contributed by atoms with Gasteiger partial charge in [0, 0.05) is 27.9 Å². The summed E-state index contributed by atoms with van der Waals surface area (Å²) in [5.41, 5.74) is 3.68. The molecule has 3 heteroatoms. The van der Waals surface area contributed by atoms with Crippen molar-refractivity contribution in [3.63, 3.8) is 0 Å². The number of pyridine rings is 2. The first-order chi connectivity index (χ1) is 8.93. The Hall–Kier alpha value is -2.13. The van der Waals surface area contributed by atoms with Crippen molar-refractivity contribution in [2.24, 2.45) is 0 Å². The van der Waals surface area contributed by atoms with Crippen molar-refractivity contribution in [2.75, 3.05) is 0 Å². The minimum atomic E-state index is 1.13. The Morgan fingerprint density at radius 3 is 2.94 bits per heavy atom. The minimum Gasteiger partial charge on any atom is -0.314 e. The van der Waals surface area contributed by atoms with Crippen LogP contribution < -0.4 is 0 Å². The molecule has 0 saturated carbocycles. The zero-order valence-corrected chi connectivity index (χ0v) is 10.2.